The average molecular weight is 396 g/mol. The van der Waals surface area contributed by atoms with Crippen LogP contribution < -0.4 is 5.73 Å². The number of nitrogen functional groups attached to an aromatic ring is 1. The largest absolute Gasteiger partial charge is 0.399 e. The summed E-state index contributed by atoms with van der Waals surface area (Å²) >= 11 is 6.74. The molecule has 0 aliphatic carbocycles. The van der Waals surface area contributed by atoms with Crippen molar-refractivity contribution in [1.82, 2.24) is 15.1 Å². The minimum Gasteiger partial charge on any atom is -0.399 e. The number of nitrogens with zero attached hydrogens (tertiary/aromatic N) is 3. The van der Waals surface area contributed by atoms with Crippen molar-refractivity contribution in [2.45, 2.75) is 0 Å². The molecule has 1 aromatic carbocycles. The maximum absolute atomic E-state index is 5.80. The van der Waals surface area contributed by atoms with Crippen LogP contribution in [0.1, 0.15) is 0 Å². The summed E-state index contributed by atoms with van der Waals surface area (Å²) in [6.07, 6.45) is 3.37. The Labute approximate surface area is 131 Å². The third-order valence-electron chi connectivity index (χ3n) is 2.56. The van der Waals surface area contributed by atoms with E-state index in [1.165, 1.54) is 0 Å². The molecule has 0 atom stereocenters. The number of hydrogen-bond acceptors (Lipinski definition) is 5. The van der Waals surface area contributed by atoms with E-state index in [0.29, 0.717) is 17.4 Å². The summed E-state index contributed by atoms with van der Waals surface area (Å²) in [5.41, 5.74) is 7.96. The molecular weight excluding hydrogens is 388 g/mol. The van der Waals surface area contributed by atoms with E-state index >= 15 is 0 Å². The lowest BCUT2D eigenvalue weighted by Gasteiger charge is -1.98. The topological polar surface area (TPSA) is 77.8 Å². The molecule has 100 valence electrons. The number of hydrogen-bond donors (Lipinski definition) is 1. The van der Waals surface area contributed by atoms with Gasteiger partial charge < -0.3 is 10.3 Å². The summed E-state index contributed by atoms with van der Waals surface area (Å²) in [4.78, 5) is 8.43. The van der Waals surface area contributed by atoms with Gasteiger partial charge in [0.25, 0.3) is 5.89 Å². The number of rotatable bonds is 2. The minimum atomic E-state index is 0.410. The summed E-state index contributed by atoms with van der Waals surface area (Å²) in [5.74, 6) is 0.889. The van der Waals surface area contributed by atoms with Crippen molar-refractivity contribution < 1.29 is 4.52 Å². The molecule has 3 aromatic rings. The van der Waals surface area contributed by atoms with Crippen LogP contribution in [0.2, 0.25) is 0 Å². The van der Waals surface area contributed by atoms with Gasteiger partial charge in [-0.3, -0.25) is 4.98 Å². The normalized spacial score (nSPS) is 10.7. The molecule has 0 spiro atoms. The van der Waals surface area contributed by atoms with E-state index in [1.807, 2.05) is 12.1 Å². The van der Waals surface area contributed by atoms with Crippen molar-refractivity contribution in [3.8, 4) is 22.8 Å². The Balaban J connectivity index is 2.02. The number of benzene rings is 1. The lowest BCUT2D eigenvalue weighted by atomic mass is 10.2. The van der Waals surface area contributed by atoms with Gasteiger partial charge in [0.1, 0.15) is 0 Å². The Hall–Kier alpha value is -1.73. The number of pyridine rings is 1. The van der Waals surface area contributed by atoms with Gasteiger partial charge in [-0.05, 0) is 40.2 Å². The Kier molecular flexibility index (Phi) is 3.54. The van der Waals surface area contributed by atoms with Gasteiger partial charge in [0.05, 0.1) is 0 Å². The van der Waals surface area contributed by atoms with Crippen LogP contribution in [-0.4, -0.2) is 15.1 Å². The van der Waals surface area contributed by atoms with E-state index in [0.717, 1.165) is 20.1 Å². The van der Waals surface area contributed by atoms with Crippen LogP contribution in [0.25, 0.3) is 22.8 Å². The Morgan fingerprint density at radius 2 is 1.75 bits per heavy atom. The predicted octanol–water partition coefficient (Wildman–Crippen LogP) is 3.91. The lowest BCUT2D eigenvalue weighted by Crippen LogP contribution is -1.87. The van der Waals surface area contributed by atoms with Gasteiger partial charge in [0.15, 0.2) is 0 Å². The maximum Gasteiger partial charge on any atom is 0.258 e. The summed E-state index contributed by atoms with van der Waals surface area (Å²) in [6.45, 7) is 0. The molecule has 2 aromatic heterocycles. The van der Waals surface area contributed by atoms with E-state index < -0.39 is 0 Å². The van der Waals surface area contributed by atoms with Crippen LogP contribution in [0.5, 0.6) is 0 Å². The van der Waals surface area contributed by atoms with Gasteiger partial charge in [0, 0.05) is 38.2 Å². The molecule has 7 heteroatoms. The van der Waals surface area contributed by atoms with E-state index in [4.69, 9.17) is 10.3 Å². The Morgan fingerprint density at radius 3 is 2.50 bits per heavy atom. The number of nitrogens with two attached hydrogens (primary N) is 1. The third kappa shape index (κ3) is 2.73. The summed E-state index contributed by atoms with van der Waals surface area (Å²) in [5, 5.41) is 3.96. The second-order valence-electron chi connectivity index (χ2n) is 4.09. The molecule has 0 amide bonds. The highest BCUT2D eigenvalue weighted by Crippen LogP contribution is 2.27. The molecule has 20 heavy (non-hydrogen) atoms. The van der Waals surface area contributed by atoms with Crippen molar-refractivity contribution in [1.29, 1.82) is 0 Å². The highest BCUT2D eigenvalue weighted by Gasteiger charge is 2.12. The Morgan fingerprint density at radius 1 is 0.950 bits per heavy atom. The molecule has 2 heterocycles. The second kappa shape index (κ2) is 5.34. The van der Waals surface area contributed by atoms with Crippen LogP contribution in [0.3, 0.4) is 0 Å². The molecule has 0 aliphatic heterocycles. The summed E-state index contributed by atoms with van der Waals surface area (Å²) in [6, 6.07) is 7.32. The molecule has 5 nitrogen and oxygen atoms in total. The fourth-order valence-electron chi connectivity index (χ4n) is 1.73. The van der Waals surface area contributed by atoms with Crippen molar-refractivity contribution in [2.24, 2.45) is 0 Å². The van der Waals surface area contributed by atoms with Gasteiger partial charge in [-0.2, -0.15) is 4.98 Å². The van der Waals surface area contributed by atoms with Gasteiger partial charge in [-0.1, -0.05) is 21.1 Å². The number of aromatic nitrogens is 3. The number of anilines is 1. The first kappa shape index (κ1) is 13.3. The van der Waals surface area contributed by atoms with E-state index in [-0.39, 0.29) is 0 Å². The monoisotopic (exact) mass is 394 g/mol. The van der Waals surface area contributed by atoms with E-state index in [2.05, 4.69) is 47.0 Å². The van der Waals surface area contributed by atoms with Crippen molar-refractivity contribution >= 4 is 37.5 Å². The first-order valence-electron chi connectivity index (χ1n) is 5.63. The highest BCUT2D eigenvalue weighted by atomic mass is 79.9. The van der Waals surface area contributed by atoms with Crippen LogP contribution in [0, 0.1) is 0 Å². The van der Waals surface area contributed by atoms with Crippen LogP contribution in [0.15, 0.2) is 50.1 Å². The third-order valence-corrected chi connectivity index (χ3v) is 3.45. The van der Waals surface area contributed by atoms with Gasteiger partial charge in [-0.15, -0.1) is 0 Å². The zero-order valence-corrected chi connectivity index (χ0v) is 13.2. The molecule has 0 fully saturated rings. The smallest absolute Gasteiger partial charge is 0.258 e. The van der Waals surface area contributed by atoms with E-state index in [9.17, 15) is 0 Å². The van der Waals surface area contributed by atoms with E-state index in [1.54, 1.807) is 24.5 Å². The molecule has 0 bridgehead atoms. The van der Waals surface area contributed by atoms with Gasteiger partial charge in [0.2, 0.25) is 5.82 Å². The molecule has 0 saturated heterocycles. The Bertz CT molecular complexity index is 752. The SMILES string of the molecule is Nc1cc(Br)cc(-c2nc(-c3cncc(Br)c3)no2)c1. The van der Waals surface area contributed by atoms with Crippen molar-refractivity contribution in [3.63, 3.8) is 0 Å². The lowest BCUT2D eigenvalue weighted by molar-refractivity contribution is 0.432. The minimum absolute atomic E-state index is 0.410. The van der Waals surface area contributed by atoms with Gasteiger partial charge in [-0.25, -0.2) is 0 Å². The summed E-state index contributed by atoms with van der Waals surface area (Å²) in [7, 11) is 0. The zero-order chi connectivity index (χ0) is 14.1. The van der Waals surface area contributed by atoms with Crippen molar-refractivity contribution in [2.75, 3.05) is 5.73 Å². The molecule has 0 unspecified atom stereocenters. The number of halogens is 2. The van der Waals surface area contributed by atoms with Crippen LogP contribution >= 0.6 is 31.9 Å². The quantitative estimate of drug-likeness (QED) is 0.665. The zero-order valence-electron chi connectivity index (χ0n) is 10.0. The predicted molar refractivity (Wildman–Crippen MR) is 82.8 cm³/mol. The average Bonchev–Trinajstić information content (AvgIpc) is 2.87. The molecule has 0 saturated carbocycles. The second-order valence-corrected chi connectivity index (χ2v) is 5.92. The molecule has 0 aliphatic rings. The standard InChI is InChI=1S/C13H8Br2N4O/c14-9-1-7(3-11(16)4-9)13-18-12(19-20-13)8-2-10(15)6-17-5-8/h1-6H,16H2. The van der Waals surface area contributed by atoms with Crippen molar-refractivity contribution in [3.05, 3.63) is 45.6 Å². The maximum atomic E-state index is 5.80. The highest BCUT2D eigenvalue weighted by molar-refractivity contribution is 9.10. The van der Waals surface area contributed by atoms with Gasteiger partial charge >= 0.3 is 0 Å². The molecular formula is C13H8Br2N4O. The summed E-state index contributed by atoms with van der Waals surface area (Å²) < 4.78 is 6.99. The fraction of sp³-hybridized carbons (Fsp3) is 0. The van der Waals surface area contributed by atoms with Crippen LogP contribution in [0.4, 0.5) is 5.69 Å². The first-order chi connectivity index (χ1) is 9.61. The van der Waals surface area contributed by atoms with Crippen LogP contribution in [-0.2, 0) is 0 Å². The fourth-order valence-corrected chi connectivity index (χ4v) is 2.60. The molecule has 3 rings (SSSR count). The molecule has 2 N–H and O–H groups in total. The molecule has 0 radical (unpaired) electrons. The first-order valence-corrected chi connectivity index (χ1v) is 7.21.